The number of thiocarbonyl (C=S) groups is 1. The van der Waals surface area contributed by atoms with Crippen LogP contribution < -0.4 is 11.1 Å². The zero-order chi connectivity index (χ0) is 14.1. The van der Waals surface area contributed by atoms with Crippen LogP contribution in [0.4, 0.5) is 5.69 Å². The molecular formula is C14H21ClN2OS. The van der Waals surface area contributed by atoms with Gasteiger partial charge in [-0.15, -0.1) is 0 Å². The van der Waals surface area contributed by atoms with Crippen molar-refractivity contribution in [2.45, 2.75) is 26.2 Å². The van der Waals surface area contributed by atoms with Crippen LogP contribution in [0.2, 0.25) is 5.02 Å². The van der Waals surface area contributed by atoms with Crippen molar-refractivity contribution in [1.29, 1.82) is 0 Å². The van der Waals surface area contributed by atoms with Crippen molar-refractivity contribution >= 4 is 34.5 Å². The highest BCUT2D eigenvalue weighted by Gasteiger charge is 2.03. The van der Waals surface area contributed by atoms with E-state index in [1.165, 1.54) is 6.42 Å². The zero-order valence-electron chi connectivity index (χ0n) is 11.2. The zero-order valence-corrected chi connectivity index (χ0v) is 12.8. The molecule has 3 nitrogen and oxygen atoms in total. The summed E-state index contributed by atoms with van der Waals surface area (Å²) in [5, 5.41) is 3.87. The van der Waals surface area contributed by atoms with Gasteiger partial charge in [0.25, 0.3) is 0 Å². The molecule has 0 radical (unpaired) electrons. The molecule has 0 aromatic heterocycles. The highest BCUT2D eigenvalue weighted by atomic mass is 35.5. The first-order valence-electron chi connectivity index (χ1n) is 6.56. The van der Waals surface area contributed by atoms with Gasteiger partial charge in [-0.1, -0.05) is 37.2 Å². The molecule has 0 atom stereocenters. The van der Waals surface area contributed by atoms with E-state index in [9.17, 15) is 0 Å². The average Bonchev–Trinajstić information content (AvgIpc) is 2.37. The van der Waals surface area contributed by atoms with Crippen molar-refractivity contribution in [3.8, 4) is 0 Å². The van der Waals surface area contributed by atoms with Crippen molar-refractivity contribution in [3.63, 3.8) is 0 Å². The molecule has 1 rings (SSSR count). The minimum atomic E-state index is 0.320. The summed E-state index contributed by atoms with van der Waals surface area (Å²) in [5.74, 6) is 0. The van der Waals surface area contributed by atoms with Gasteiger partial charge in [0.05, 0.1) is 5.02 Å². The third-order valence-electron chi connectivity index (χ3n) is 2.67. The summed E-state index contributed by atoms with van der Waals surface area (Å²) < 4.78 is 5.49. The molecule has 3 N–H and O–H groups in total. The number of hydrogen-bond acceptors (Lipinski definition) is 3. The number of ether oxygens (including phenoxy) is 1. The van der Waals surface area contributed by atoms with Crippen molar-refractivity contribution < 1.29 is 4.74 Å². The minimum Gasteiger partial charge on any atom is -0.389 e. The Hall–Kier alpha value is -0.840. The Balaban J connectivity index is 2.26. The third kappa shape index (κ3) is 6.23. The van der Waals surface area contributed by atoms with Crippen molar-refractivity contribution in [2.24, 2.45) is 5.73 Å². The number of nitrogens with one attached hydrogen (secondary N) is 1. The normalized spacial score (nSPS) is 10.4. The van der Waals surface area contributed by atoms with Crippen LogP contribution in [0.15, 0.2) is 18.2 Å². The molecule has 0 heterocycles. The maximum atomic E-state index is 6.09. The molecular weight excluding hydrogens is 280 g/mol. The Kier molecular flexibility index (Phi) is 7.79. The van der Waals surface area contributed by atoms with Crippen LogP contribution in [-0.4, -0.2) is 24.7 Å². The summed E-state index contributed by atoms with van der Waals surface area (Å²) >= 11 is 11.0. The Morgan fingerprint density at radius 1 is 1.37 bits per heavy atom. The molecule has 0 saturated heterocycles. The van der Waals surface area contributed by atoms with Gasteiger partial charge in [-0.3, -0.25) is 0 Å². The molecule has 0 aliphatic rings. The quantitative estimate of drug-likeness (QED) is 0.540. The number of hydrogen-bond donors (Lipinski definition) is 2. The monoisotopic (exact) mass is 300 g/mol. The molecule has 0 aliphatic carbocycles. The maximum Gasteiger partial charge on any atom is 0.105 e. The molecule has 0 aliphatic heterocycles. The van der Waals surface area contributed by atoms with Gasteiger partial charge in [0.1, 0.15) is 4.99 Å². The van der Waals surface area contributed by atoms with Gasteiger partial charge in [-0.05, 0) is 31.0 Å². The molecule has 0 unspecified atom stereocenters. The fraction of sp³-hybridized carbons (Fsp3) is 0.500. The summed E-state index contributed by atoms with van der Waals surface area (Å²) in [6, 6.07) is 5.61. The summed E-state index contributed by atoms with van der Waals surface area (Å²) in [6.45, 7) is 4.65. The van der Waals surface area contributed by atoms with E-state index in [0.717, 1.165) is 38.3 Å². The lowest BCUT2D eigenvalue weighted by molar-refractivity contribution is 0.131. The second-order valence-corrected chi connectivity index (χ2v) is 5.15. The van der Waals surface area contributed by atoms with E-state index < -0.39 is 0 Å². The predicted molar refractivity (Wildman–Crippen MR) is 86.2 cm³/mol. The first-order chi connectivity index (χ1) is 9.15. The van der Waals surface area contributed by atoms with E-state index in [4.69, 9.17) is 34.3 Å². The maximum absolute atomic E-state index is 6.09. The highest BCUT2D eigenvalue weighted by molar-refractivity contribution is 7.80. The van der Waals surface area contributed by atoms with Crippen LogP contribution in [0.5, 0.6) is 0 Å². The first kappa shape index (κ1) is 16.2. The van der Waals surface area contributed by atoms with E-state index in [-0.39, 0.29) is 0 Å². The van der Waals surface area contributed by atoms with Crippen LogP contribution in [-0.2, 0) is 4.74 Å². The number of unbranched alkanes of at least 4 members (excludes halogenated alkanes) is 1. The van der Waals surface area contributed by atoms with Crippen LogP contribution in [0.25, 0.3) is 0 Å². The van der Waals surface area contributed by atoms with Gasteiger partial charge in [0.15, 0.2) is 0 Å². The molecule has 1 aromatic carbocycles. The molecule has 0 bridgehead atoms. The van der Waals surface area contributed by atoms with Gasteiger partial charge in [0, 0.05) is 31.0 Å². The summed E-state index contributed by atoms with van der Waals surface area (Å²) in [4.78, 5) is 0.320. The fourth-order valence-electron chi connectivity index (χ4n) is 1.58. The molecule has 1 aromatic rings. The van der Waals surface area contributed by atoms with Gasteiger partial charge in [-0.25, -0.2) is 0 Å². The topological polar surface area (TPSA) is 47.3 Å². The molecule has 106 valence electrons. The van der Waals surface area contributed by atoms with Crippen molar-refractivity contribution in [3.05, 3.63) is 28.8 Å². The smallest absolute Gasteiger partial charge is 0.105 e. The highest BCUT2D eigenvalue weighted by Crippen LogP contribution is 2.20. The Morgan fingerprint density at radius 2 is 2.11 bits per heavy atom. The number of nitrogens with two attached hydrogens (primary N) is 1. The van der Waals surface area contributed by atoms with Crippen molar-refractivity contribution in [2.75, 3.05) is 25.1 Å². The Morgan fingerprint density at radius 3 is 2.74 bits per heavy atom. The molecule has 5 heteroatoms. The lowest BCUT2D eigenvalue weighted by Gasteiger charge is -2.09. The van der Waals surface area contributed by atoms with Crippen LogP contribution in [0.1, 0.15) is 31.7 Å². The van der Waals surface area contributed by atoms with Crippen LogP contribution in [0, 0.1) is 0 Å². The summed E-state index contributed by atoms with van der Waals surface area (Å²) in [7, 11) is 0. The number of anilines is 1. The lowest BCUT2D eigenvalue weighted by atomic mass is 10.2. The first-order valence-corrected chi connectivity index (χ1v) is 7.34. The van der Waals surface area contributed by atoms with Gasteiger partial charge < -0.3 is 15.8 Å². The SMILES string of the molecule is CCCCOCCCNc1ccc(C(N)=S)c(Cl)c1. The summed E-state index contributed by atoms with van der Waals surface area (Å²) in [5.41, 5.74) is 7.24. The third-order valence-corrected chi connectivity index (χ3v) is 3.20. The van der Waals surface area contributed by atoms with Gasteiger partial charge in [0.2, 0.25) is 0 Å². The van der Waals surface area contributed by atoms with E-state index in [1.807, 2.05) is 18.2 Å². The number of rotatable bonds is 9. The molecule has 0 amide bonds. The van der Waals surface area contributed by atoms with Crippen molar-refractivity contribution in [1.82, 2.24) is 0 Å². The predicted octanol–water partition coefficient (Wildman–Crippen LogP) is 3.59. The van der Waals surface area contributed by atoms with Crippen LogP contribution >= 0.6 is 23.8 Å². The number of halogens is 1. The Labute approximate surface area is 125 Å². The minimum absolute atomic E-state index is 0.320. The molecule has 0 saturated carbocycles. The summed E-state index contributed by atoms with van der Waals surface area (Å²) in [6.07, 6.45) is 3.27. The Bertz CT molecular complexity index is 412. The molecule has 0 fully saturated rings. The standard InChI is InChI=1S/C14H21ClN2OS/c1-2-3-8-18-9-4-7-17-11-5-6-12(14(16)19)13(15)10-11/h5-6,10,17H,2-4,7-9H2,1H3,(H2,16,19). The molecule has 19 heavy (non-hydrogen) atoms. The van der Waals surface area contributed by atoms with Gasteiger partial charge in [-0.2, -0.15) is 0 Å². The lowest BCUT2D eigenvalue weighted by Crippen LogP contribution is -2.11. The average molecular weight is 301 g/mol. The van der Waals surface area contributed by atoms with E-state index in [2.05, 4.69) is 12.2 Å². The van der Waals surface area contributed by atoms with Gasteiger partial charge >= 0.3 is 0 Å². The fourth-order valence-corrected chi connectivity index (χ4v) is 2.10. The molecule has 0 spiro atoms. The van der Waals surface area contributed by atoms with E-state index in [1.54, 1.807) is 0 Å². The van der Waals surface area contributed by atoms with E-state index in [0.29, 0.717) is 15.6 Å². The van der Waals surface area contributed by atoms with E-state index >= 15 is 0 Å². The second kappa shape index (κ2) is 9.13. The number of benzene rings is 1. The second-order valence-electron chi connectivity index (χ2n) is 4.31. The van der Waals surface area contributed by atoms with Crippen LogP contribution in [0.3, 0.4) is 0 Å². The largest absolute Gasteiger partial charge is 0.389 e.